The molecular formula is C16H11N3O. The maximum Gasteiger partial charge on any atom is 0.160 e. The third kappa shape index (κ3) is 1.39. The van der Waals surface area contributed by atoms with E-state index in [2.05, 4.69) is 11.1 Å². The third-order valence-corrected chi connectivity index (χ3v) is 3.64. The van der Waals surface area contributed by atoms with Gasteiger partial charge in [-0.15, -0.1) is 0 Å². The van der Waals surface area contributed by atoms with Gasteiger partial charge in [0.1, 0.15) is 11.8 Å². The largest absolute Gasteiger partial charge is 0.327 e. The van der Waals surface area contributed by atoms with Gasteiger partial charge in [0.2, 0.25) is 0 Å². The van der Waals surface area contributed by atoms with Gasteiger partial charge in [-0.2, -0.15) is 0 Å². The van der Waals surface area contributed by atoms with Crippen LogP contribution in [0.3, 0.4) is 0 Å². The number of carbonyl (C=O) groups excluding carboxylic acids is 1. The lowest BCUT2D eigenvalue weighted by Crippen LogP contribution is -1.92. The maximum absolute atomic E-state index is 10.9. The number of aldehydes is 1. The zero-order valence-electron chi connectivity index (χ0n) is 10.9. The van der Waals surface area contributed by atoms with Gasteiger partial charge >= 0.3 is 0 Å². The van der Waals surface area contributed by atoms with Crippen LogP contribution in [0.2, 0.25) is 0 Å². The van der Waals surface area contributed by atoms with Gasteiger partial charge in [-0.3, -0.25) is 4.79 Å². The zero-order valence-corrected chi connectivity index (χ0v) is 10.9. The Labute approximate surface area is 114 Å². The molecule has 2 aromatic carbocycles. The first-order valence-electron chi connectivity index (χ1n) is 6.38. The van der Waals surface area contributed by atoms with E-state index in [1.807, 2.05) is 35.9 Å². The highest BCUT2D eigenvalue weighted by molar-refractivity contribution is 6.06. The number of aromatic nitrogens is 3. The molecule has 4 rings (SSSR count). The van der Waals surface area contributed by atoms with Crippen LogP contribution in [0.15, 0.2) is 42.5 Å². The van der Waals surface area contributed by atoms with Gasteiger partial charge in [0.15, 0.2) is 5.65 Å². The molecule has 4 aromatic rings. The van der Waals surface area contributed by atoms with Gasteiger partial charge < -0.3 is 4.57 Å². The number of carbonyl (C=O) groups is 1. The minimum absolute atomic E-state index is 0.617. The van der Waals surface area contributed by atoms with E-state index in [1.54, 1.807) is 12.1 Å². The Morgan fingerprint density at radius 3 is 2.75 bits per heavy atom. The van der Waals surface area contributed by atoms with Crippen LogP contribution in [0.1, 0.15) is 10.4 Å². The Hall–Kier alpha value is -2.75. The second-order valence-electron chi connectivity index (χ2n) is 4.84. The van der Waals surface area contributed by atoms with Crippen LogP contribution in [0.5, 0.6) is 0 Å². The number of aryl methyl sites for hydroxylation is 1. The molecule has 4 nitrogen and oxygen atoms in total. The lowest BCUT2D eigenvalue weighted by atomic mass is 10.2. The normalized spacial score (nSPS) is 11.4. The van der Waals surface area contributed by atoms with E-state index in [1.165, 1.54) is 0 Å². The quantitative estimate of drug-likeness (QED) is 0.495. The van der Waals surface area contributed by atoms with Crippen LogP contribution in [0.25, 0.3) is 33.1 Å². The molecule has 20 heavy (non-hydrogen) atoms. The van der Waals surface area contributed by atoms with Crippen molar-refractivity contribution in [3.8, 4) is 0 Å². The predicted octanol–water partition coefficient (Wildman–Crippen LogP) is 3.09. The Kier molecular flexibility index (Phi) is 2.15. The third-order valence-electron chi connectivity index (χ3n) is 3.64. The summed E-state index contributed by atoms with van der Waals surface area (Å²) in [5.41, 5.74) is 5.00. The molecule has 0 saturated carbocycles. The Morgan fingerprint density at radius 2 is 1.90 bits per heavy atom. The highest BCUT2D eigenvalue weighted by Gasteiger charge is 2.11. The van der Waals surface area contributed by atoms with Crippen LogP contribution >= 0.6 is 0 Å². The molecule has 4 heteroatoms. The van der Waals surface area contributed by atoms with E-state index < -0.39 is 0 Å². The van der Waals surface area contributed by atoms with Crippen molar-refractivity contribution in [3.63, 3.8) is 0 Å². The molecule has 2 aromatic heterocycles. The fraction of sp³-hybridized carbons (Fsp3) is 0.0625. The van der Waals surface area contributed by atoms with Crippen molar-refractivity contribution in [1.29, 1.82) is 0 Å². The fourth-order valence-electron chi connectivity index (χ4n) is 2.63. The van der Waals surface area contributed by atoms with Gasteiger partial charge in [0.25, 0.3) is 0 Å². The molecule has 0 unspecified atom stereocenters. The molecule has 0 aliphatic rings. The first kappa shape index (κ1) is 11.1. The van der Waals surface area contributed by atoms with E-state index >= 15 is 0 Å². The topological polar surface area (TPSA) is 47.8 Å². The molecule has 0 N–H and O–H groups in total. The average molecular weight is 261 g/mol. The van der Waals surface area contributed by atoms with Crippen LogP contribution in [-0.2, 0) is 7.05 Å². The number of nitrogens with zero attached hydrogens (tertiary/aromatic N) is 3. The van der Waals surface area contributed by atoms with E-state index in [-0.39, 0.29) is 0 Å². The van der Waals surface area contributed by atoms with Crippen LogP contribution < -0.4 is 0 Å². The summed E-state index contributed by atoms with van der Waals surface area (Å²) >= 11 is 0. The zero-order chi connectivity index (χ0) is 13.7. The molecule has 0 radical (unpaired) electrons. The highest BCUT2D eigenvalue weighted by Crippen LogP contribution is 2.27. The van der Waals surface area contributed by atoms with Gasteiger partial charge in [-0.25, -0.2) is 9.97 Å². The lowest BCUT2D eigenvalue weighted by Gasteiger charge is -2.00. The van der Waals surface area contributed by atoms with Gasteiger partial charge in [0, 0.05) is 18.0 Å². The molecule has 2 heterocycles. The van der Waals surface area contributed by atoms with E-state index in [4.69, 9.17) is 4.98 Å². The molecule has 0 atom stereocenters. The molecule has 0 aliphatic carbocycles. The summed E-state index contributed by atoms with van der Waals surface area (Å²) in [6, 6.07) is 13.5. The molecule has 0 spiro atoms. The molecular weight excluding hydrogens is 250 g/mol. The number of benzene rings is 2. The summed E-state index contributed by atoms with van der Waals surface area (Å²) in [6.45, 7) is 0. The maximum atomic E-state index is 10.9. The first-order chi connectivity index (χ1) is 9.78. The van der Waals surface area contributed by atoms with Crippen molar-refractivity contribution in [3.05, 3.63) is 48.0 Å². The summed E-state index contributed by atoms with van der Waals surface area (Å²) in [7, 11) is 1.99. The van der Waals surface area contributed by atoms with Gasteiger partial charge in [-0.1, -0.05) is 18.2 Å². The number of hydrogen-bond acceptors (Lipinski definition) is 3. The standard InChI is InChI=1S/C16H11N3O/c1-19-14-5-3-2-4-11(14)15-16(19)18-12-7-6-10(9-20)8-13(12)17-15/h2-9H,1H3. The summed E-state index contributed by atoms with van der Waals surface area (Å²) in [6.07, 6.45) is 0.828. The van der Waals surface area contributed by atoms with Gasteiger partial charge in [-0.05, 0) is 24.3 Å². The summed E-state index contributed by atoms with van der Waals surface area (Å²) in [5.74, 6) is 0. The first-order valence-corrected chi connectivity index (χ1v) is 6.38. The molecule has 0 aliphatic heterocycles. The highest BCUT2D eigenvalue weighted by atomic mass is 16.1. The minimum Gasteiger partial charge on any atom is -0.327 e. The molecule has 96 valence electrons. The van der Waals surface area contributed by atoms with Crippen LogP contribution in [0, 0.1) is 0 Å². The van der Waals surface area contributed by atoms with Crippen LogP contribution in [-0.4, -0.2) is 20.8 Å². The second-order valence-corrected chi connectivity index (χ2v) is 4.84. The Morgan fingerprint density at radius 1 is 1.05 bits per heavy atom. The van der Waals surface area contributed by atoms with Crippen molar-refractivity contribution in [2.75, 3.05) is 0 Å². The van der Waals surface area contributed by atoms with Gasteiger partial charge in [0.05, 0.1) is 16.6 Å². The minimum atomic E-state index is 0.617. The van der Waals surface area contributed by atoms with Crippen molar-refractivity contribution < 1.29 is 4.79 Å². The molecule has 0 amide bonds. The van der Waals surface area contributed by atoms with E-state index in [0.29, 0.717) is 5.56 Å². The molecule has 0 bridgehead atoms. The monoisotopic (exact) mass is 261 g/mol. The van der Waals surface area contributed by atoms with Crippen molar-refractivity contribution in [2.45, 2.75) is 0 Å². The van der Waals surface area contributed by atoms with Crippen molar-refractivity contribution >= 4 is 39.4 Å². The number of para-hydroxylation sites is 1. The number of fused-ring (bicyclic) bond motifs is 4. The lowest BCUT2D eigenvalue weighted by molar-refractivity contribution is 0.112. The smallest absolute Gasteiger partial charge is 0.160 e. The number of hydrogen-bond donors (Lipinski definition) is 0. The van der Waals surface area contributed by atoms with Crippen molar-refractivity contribution in [1.82, 2.24) is 14.5 Å². The van der Waals surface area contributed by atoms with Crippen molar-refractivity contribution in [2.24, 2.45) is 7.05 Å². The fourth-order valence-corrected chi connectivity index (χ4v) is 2.63. The molecule has 0 saturated heterocycles. The van der Waals surface area contributed by atoms with E-state index in [0.717, 1.165) is 39.4 Å². The van der Waals surface area contributed by atoms with E-state index in [9.17, 15) is 4.79 Å². The van der Waals surface area contributed by atoms with Crippen LogP contribution in [0.4, 0.5) is 0 Å². The second kappa shape index (κ2) is 3.87. The Bertz CT molecular complexity index is 985. The Balaban J connectivity index is 2.23. The number of rotatable bonds is 1. The summed E-state index contributed by atoms with van der Waals surface area (Å²) in [5, 5.41) is 1.08. The predicted molar refractivity (Wildman–Crippen MR) is 78.9 cm³/mol. The summed E-state index contributed by atoms with van der Waals surface area (Å²) < 4.78 is 2.05. The molecule has 0 fully saturated rings. The average Bonchev–Trinajstić information content (AvgIpc) is 2.78. The SMILES string of the molecule is Cn1c2ccccc2c2nc3cc(C=O)ccc3nc21. The summed E-state index contributed by atoms with van der Waals surface area (Å²) in [4.78, 5) is 20.2.